The van der Waals surface area contributed by atoms with E-state index >= 15 is 0 Å². The summed E-state index contributed by atoms with van der Waals surface area (Å²) in [5.74, 6) is 0. The molecule has 0 saturated heterocycles. The average Bonchev–Trinajstić information content (AvgIpc) is 1.85. The maximum absolute atomic E-state index is 7.29. The molecule has 0 amide bonds. The highest BCUT2D eigenvalue weighted by molar-refractivity contribution is 9.10. The fraction of sp³-hybridized carbons (Fsp3) is 0.222. The topological polar surface area (TPSA) is 23.9 Å². The molecule has 0 spiro atoms. The summed E-state index contributed by atoms with van der Waals surface area (Å²) in [6, 6.07) is 8.05. The van der Waals surface area contributed by atoms with Gasteiger partial charge in [0.25, 0.3) is 0 Å². The number of nitrogens with one attached hydrogen (secondary N) is 1. The van der Waals surface area contributed by atoms with Crippen molar-refractivity contribution in [1.29, 1.82) is 5.41 Å². The number of benzene rings is 1. The zero-order valence-electron chi connectivity index (χ0n) is 6.39. The van der Waals surface area contributed by atoms with Crippen molar-refractivity contribution in [2.45, 2.75) is 13.3 Å². The second kappa shape index (κ2) is 3.67. The van der Waals surface area contributed by atoms with Crippen LogP contribution in [0.25, 0.3) is 0 Å². The Morgan fingerprint density at radius 2 is 2.27 bits per heavy atom. The molecule has 0 fully saturated rings. The Labute approximate surface area is 75.1 Å². The van der Waals surface area contributed by atoms with Gasteiger partial charge in [-0.05, 0) is 24.6 Å². The van der Waals surface area contributed by atoms with E-state index < -0.39 is 0 Å². The molecule has 0 heterocycles. The molecule has 1 N–H and O–H groups in total. The SMILES string of the molecule is CC(=N)Cc1cccc(Br)c1. The van der Waals surface area contributed by atoms with E-state index in [0.29, 0.717) is 5.71 Å². The highest BCUT2D eigenvalue weighted by Gasteiger charge is 1.93. The van der Waals surface area contributed by atoms with Gasteiger partial charge < -0.3 is 5.41 Å². The summed E-state index contributed by atoms with van der Waals surface area (Å²) in [5.41, 5.74) is 1.88. The fourth-order valence-corrected chi connectivity index (χ4v) is 1.40. The maximum Gasteiger partial charge on any atom is 0.0178 e. The van der Waals surface area contributed by atoms with Crippen molar-refractivity contribution < 1.29 is 0 Å². The number of hydrogen-bond donors (Lipinski definition) is 1. The Morgan fingerprint density at radius 1 is 1.55 bits per heavy atom. The molecule has 0 radical (unpaired) electrons. The third kappa shape index (κ3) is 2.85. The minimum absolute atomic E-state index is 0.697. The van der Waals surface area contributed by atoms with E-state index in [0.717, 1.165) is 10.9 Å². The largest absolute Gasteiger partial charge is 0.310 e. The molecule has 58 valence electrons. The standard InChI is InChI=1S/C9H10BrN/c1-7(11)5-8-3-2-4-9(10)6-8/h2-4,6,11H,5H2,1H3. The van der Waals surface area contributed by atoms with Gasteiger partial charge in [0.1, 0.15) is 0 Å². The second-order valence-corrected chi connectivity index (χ2v) is 3.50. The monoisotopic (exact) mass is 211 g/mol. The van der Waals surface area contributed by atoms with Crippen molar-refractivity contribution in [3.63, 3.8) is 0 Å². The lowest BCUT2D eigenvalue weighted by molar-refractivity contribution is 1.26. The molecular weight excluding hydrogens is 202 g/mol. The third-order valence-corrected chi connectivity index (χ3v) is 1.85. The van der Waals surface area contributed by atoms with Crippen LogP contribution in [0.5, 0.6) is 0 Å². The van der Waals surface area contributed by atoms with Crippen LogP contribution >= 0.6 is 15.9 Å². The van der Waals surface area contributed by atoms with Crippen molar-refractivity contribution in [3.8, 4) is 0 Å². The van der Waals surface area contributed by atoms with Gasteiger partial charge >= 0.3 is 0 Å². The molecule has 0 atom stereocenters. The molecule has 0 aliphatic carbocycles. The molecule has 0 bridgehead atoms. The molecule has 0 saturated carbocycles. The molecule has 1 nitrogen and oxygen atoms in total. The van der Waals surface area contributed by atoms with Crippen molar-refractivity contribution in [3.05, 3.63) is 34.3 Å². The van der Waals surface area contributed by atoms with Gasteiger partial charge in [-0.3, -0.25) is 0 Å². The molecule has 1 aromatic carbocycles. The van der Waals surface area contributed by atoms with E-state index in [2.05, 4.69) is 15.9 Å². The zero-order chi connectivity index (χ0) is 8.27. The normalized spacial score (nSPS) is 9.64. The van der Waals surface area contributed by atoms with E-state index in [9.17, 15) is 0 Å². The summed E-state index contributed by atoms with van der Waals surface area (Å²) in [6.45, 7) is 1.82. The predicted octanol–water partition coefficient (Wildman–Crippen LogP) is 3.03. The van der Waals surface area contributed by atoms with Crippen LogP contribution in [0.15, 0.2) is 28.7 Å². The van der Waals surface area contributed by atoms with E-state index in [-0.39, 0.29) is 0 Å². The Hall–Kier alpha value is -0.630. The van der Waals surface area contributed by atoms with Crippen LogP contribution in [0, 0.1) is 5.41 Å². The van der Waals surface area contributed by atoms with Crippen LogP contribution in [0.1, 0.15) is 12.5 Å². The van der Waals surface area contributed by atoms with Crippen molar-refractivity contribution in [2.24, 2.45) is 0 Å². The van der Waals surface area contributed by atoms with Gasteiger partial charge in [0.2, 0.25) is 0 Å². The Bertz CT molecular complexity index is 268. The second-order valence-electron chi connectivity index (χ2n) is 2.59. The summed E-state index contributed by atoms with van der Waals surface area (Å²) in [5, 5.41) is 7.29. The zero-order valence-corrected chi connectivity index (χ0v) is 7.98. The third-order valence-electron chi connectivity index (χ3n) is 1.36. The first-order valence-corrected chi connectivity index (χ1v) is 4.26. The summed E-state index contributed by atoms with van der Waals surface area (Å²) < 4.78 is 1.08. The summed E-state index contributed by atoms with van der Waals surface area (Å²) in [6.07, 6.45) is 0.749. The number of halogens is 1. The summed E-state index contributed by atoms with van der Waals surface area (Å²) in [4.78, 5) is 0. The highest BCUT2D eigenvalue weighted by Crippen LogP contribution is 2.11. The van der Waals surface area contributed by atoms with Gasteiger partial charge in [-0.25, -0.2) is 0 Å². The lowest BCUT2D eigenvalue weighted by Crippen LogP contribution is -1.94. The van der Waals surface area contributed by atoms with Crippen molar-refractivity contribution >= 4 is 21.6 Å². The average molecular weight is 212 g/mol. The van der Waals surface area contributed by atoms with Crippen LogP contribution in [0.3, 0.4) is 0 Å². The van der Waals surface area contributed by atoms with E-state index in [1.807, 2.05) is 31.2 Å². The first kappa shape index (κ1) is 8.47. The molecule has 11 heavy (non-hydrogen) atoms. The molecule has 0 unspecified atom stereocenters. The molecule has 2 heteroatoms. The van der Waals surface area contributed by atoms with E-state index in [4.69, 9.17) is 5.41 Å². The molecule has 1 aromatic rings. The van der Waals surface area contributed by atoms with Crippen molar-refractivity contribution in [1.82, 2.24) is 0 Å². The molecule has 0 aliphatic rings. The number of rotatable bonds is 2. The van der Waals surface area contributed by atoms with Crippen LogP contribution in [-0.4, -0.2) is 5.71 Å². The fourth-order valence-electron chi connectivity index (χ4n) is 0.953. The van der Waals surface area contributed by atoms with Crippen molar-refractivity contribution in [2.75, 3.05) is 0 Å². The summed E-state index contributed by atoms with van der Waals surface area (Å²) >= 11 is 3.38. The Balaban J connectivity index is 2.79. The quantitative estimate of drug-likeness (QED) is 0.728. The lowest BCUT2D eigenvalue weighted by Gasteiger charge is -1.98. The van der Waals surface area contributed by atoms with Crippen LogP contribution in [-0.2, 0) is 6.42 Å². The van der Waals surface area contributed by atoms with Gasteiger partial charge in [-0.1, -0.05) is 28.1 Å². The van der Waals surface area contributed by atoms with Crippen LogP contribution < -0.4 is 0 Å². The first-order chi connectivity index (χ1) is 5.18. The Morgan fingerprint density at radius 3 is 2.82 bits per heavy atom. The molecule has 1 rings (SSSR count). The van der Waals surface area contributed by atoms with E-state index in [1.165, 1.54) is 5.56 Å². The van der Waals surface area contributed by atoms with Crippen LogP contribution in [0.4, 0.5) is 0 Å². The smallest absolute Gasteiger partial charge is 0.0178 e. The van der Waals surface area contributed by atoms with Gasteiger partial charge in [-0.2, -0.15) is 0 Å². The predicted molar refractivity (Wildman–Crippen MR) is 51.2 cm³/mol. The minimum Gasteiger partial charge on any atom is -0.310 e. The molecule has 0 aromatic heterocycles. The van der Waals surface area contributed by atoms with E-state index in [1.54, 1.807) is 0 Å². The lowest BCUT2D eigenvalue weighted by atomic mass is 10.1. The molecule has 0 aliphatic heterocycles. The van der Waals surface area contributed by atoms with Gasteiger partial charge in [0.05, 0.1) is 0 Å². The van der Waals surface area contributed by atoms with Gasteiger partial charge in [0.15, 0.2) is 0 Å². The highest BCUT2D eigenvalue weighted by atomic mass is 79.9. The summed E-state index contributed by atoms with van der Waals surface area (Å²) in [7, 11) is 0. The minimum atomic E-state index is 0.697. The molecular formula is C9H10BrN. The number of hydrogen-bond acceptors (Lipinski definition) is 1. The van der Waals surface area contributed by atoms with Gasteiger partial charge in [-0.15, -0.1) is 0 Å². The van der Waals surface area contributed by atoms with Crippen LogP contribution in [0.2, 0.25) is 0 Å². The first-order valence-electron chi connectivity index (χ1n) is 3.47. The van der Waals surface area contributed by atoms with Gasteiger partial charge in [0, 0.05) is 16.6 Å². The Kier molecular flexibility index (Phi) is 2.83. The maximum atomic E-state index is 7.29.